The third-order valence-electron chi connectivity index (χ3n) is 3.14. The van der Waals surface area contributed by atoms with E-state index in [-0.39, 0.29) is 0 Å². The first-order chi connectivity index (χ1) is 9.93. The Morgan fingerprint density at radius 1 is 0.900 bits per heavy atom. The van der Waals surface area contributed by atoms with Gasteiger partial charge in [0.2, 0.25) is 0 Å². The van der Waals surface area contributed by atoms with Crippen LogP contribution in [0.15, 0.2) is 85.0 Å². The summed E-state index contributed by atoms with van der Waals surface area (Å²) in [5, 5.41) is 9.80. The molecular formula is C17H15N3. The maximum absolute atomic E-state index is 3.76. The summed E-state index contributed by atoms with van der Waals surface area (Å²) in [6.07, 6.45) is 18.2. The average Bonchev–Trinajstić information content (AvgIpc) is 2.56. The molecule has 0 bridgehead atoms. The lowest BCUT2D eigenvalue weighted by atomic mass is 10.2. The number of fused-ring (bicyclic) bond motifs is 2. The van der Waals surface area contributed by atoms with Crippen LogP contribution in [0.4, 0.5) is 0 Å². The van der Waals surface area contributed by atoms with Crippen LogP contribution >= 0.6 is 0 Å². The molecule has 0 amide bonds. The Kier molecular flexibility index (Phi) is 3.69. The molecule has 2 aromatic rings. The highest BCUT2D eigenvalue weighted by molar-refractivity contribution is 5.80. The van der Waals surface area contributed by atoms with E-state index in [0.717, 1.165) is 17.3 Å². The molecule has 4 rings (SSSR count). The van der Waals surface area contributed by atoms with Crippen molar-refractivity contribution in [2.75, 3.05) is 6.54 Å². The maximum Gasteiger partial charge on any atom is 0.0574 e. The number of aromatic nitrogens is 2. The molecule has 0 radical (unpaired) electrons. The summed E-state index contributed by atoms with van der Waals surface area (Å²) in [5.41, 5.74) is 1.28. The molecule has 0 saturated heterocycles. The SMILES string of the molecule is C1=CCN2C=CC=CC2=C1.c1ccc2cnncc2c1. The molecule has 0 unspecified atom stereocenters. The third-order valence-corrected chi connectivity index (χ3v) is 3.14. The van der Waals surface area contributed by atoms with Crippen LogP contribution in [0.1, 0.15) is 0 Å². The van der Waals surface area contributed by atoms with E-state index in [2.05, 4.69) is 57.8 Å². The van der Waals surface area contributed by atoms with Crippen LogP contribution < -0.4 is 0 Å². The Labute approximate surface area is 118 Å². The Bertz CT molecular complexity index is 646. The van der Waals surface area contributed by atoms with Crippen molar-refractivity contribution >= 4 is 10.8 Å². The van der Waals surface area contributed by atoms with Crippen LogP contribution in [-0.2, 0) is 0 Å². The van der Waals surface area contributed by atoms with Gasteiger partial charge in [0.05, 0.1) is 12.4 Å². The summed E-state index contributed by atoms with van der Waals surface area (Å²) in [4.78, 5) is 2.21. The summed E-state index contributed by atoms with van der Waals surface area (Å²) < 4.78 is 0. The monoisotopic (exact) mass is 261 g/mol. The molecule has 0 atom stereocenters. The third kappa shape index (κ3) is 2.83. The Morgan fingerprint density at radius 3 is 2.35 bits per heavy atom. The summed E-state index contributed by atoms with van der Waals surface area (Å²) in [6.45, 7) is 1.01. The number of hydrogen-bond acceptors (Lipinski definition) is 3. The molecule has 0 aliphatic carbocycles. The molecule has 98 valence electrons. The van der Waals surface area contributed by atoms with Crippen LogP contribution in [0.3, 0.4) is 0 Å². The molecule has 2 aliphatic heterocycles. The first-order valence-corrected chi connectivity index (χ1v) is 6.57. The molecule has 3 nitrogen and oxygen atoms in total. The minimum absolute atomic E-state index is 1.01. The topological polar surface area (TPSA) is 29.0 Å². The van der Waals surface area contributed by atoms with Crippen molar-refractivity contribution in [2.45, 2.75) is 0 Å². The minimum atomic E-state index is 1.01. The highest BCUT2D eigenvalue weighted by Gasteiger charge is 2.05. The predicted molar refractivity (Wildman–Crippen MR) is 81.7 cm³/mol. The van der Waals surface area contributed by atoms with Gasteiger partial charge in [0.1, 0.15) is 0 Å². The highest BCUT2D eigenvalue weighted by atomic mass is 15.1. The van der Waals surface area contributed by atoms with Gasteiger partial charge in [-0.05, 0) is 18.2 Å². The fourth-order valence-electron chi connectivity index (χ4n) is 2.09. The summed E-state index contributed by atoms with van der Waals surface area (Å²) >= 11 is 0. The molecule has 3 heterocycles. The van der Waals surface area contributed by atoms with E-state index in [0.29, 0.717) is 0 Å². The Morgan fingerprint density at radius 2 is 1.65 bits per heavy atom. The number of allylic oxidation sites excluding steroid dienone is 5. The van der Waals surface area contributed by atoms with Crippen LogP contribution in [-0.4, -0.2) is 21.6 Å². The largest absolute Gasteiger partial charge is 0.344 e. The summed E-state index contributed by atoms with van der Waals surface area (Å²) in [6, 6.07) is 8.02. The normalized spacial score (nSPS) is 15.4. The van der Waals surface area contributed by atoms with Gasteiger partial charge < -0.3 is 4.90 Å². The first-order valence-electron chi connectivity index (χ1n) is 6.57. The molecule has 2 aliphatic rings. The number of hydrogen-bond donors (Lipinski definition) is 0. The lowest BCUT2D eigenvalue weighted by Gasteiger charge is -2.23. The van der Waals surface area contributed by atoms with E-state index < -0.39 is 0 Å². The van der Waals surface area contributed by atoms with Gasteiger partial charge in [0.25, 0.3) is 0 Å². The zero-order chi connectivity index (χ0) is 13.6. The second-order valence-electron chi connectivity index (χ2n) is 4.49. The number of benzene rings is 1. The fourth-order valence-corrected chi connectivity index (χ4v) is 2.09. The summed E-state index contributed by atoms with van der Waals surface area (Å²) in [7, 11) is 0. The van der Waals surface area contributed by atoms with E-state index in [1.54, 1.807) is 12.4 Å². The predicted octanol–water partition coefficient (Wildman–Crippen LogP) is 3.46. The van der Waals surface area contributed by atoms with Gasteiger partial charge in [-0.3, -0.25) is 0 Å². The van der Waals surface area contributed by atoms with Gasteiger partial charge in [0.15, 0.2) is 0 Å². The van der Waals surface area contributed by atoms with Gasteiger partial charge in [-0.1, -0.05) is 42.5 Å². The molecule has 1 aromatic heterocycles. The minimum Gasteiger partial charge on any atom is -0.344 e. The zero-order valence-electron chi connectivity index (χ0n) is 11.1. The zero-order valence-corrected chi connectivity index (χ0v) is 11.1. The van der Waals surface area contributed by atoms with Gasteiger partial charge >= 0.3 is 0 Å². The molecular weight excluding hydrogens is 246 g/mol. The van der Waals surface area contributed by atoms with Crippen LogP contribution in [0, 0.1) is 0 Å². The van der Waals surface area contributed by atoms with E-state index in [9.17, 15) is 0 Å². The molecule has 3 heteroatoms. The van der Waals surface area contributed by atoms with Gasteiger partial charge in [-0.15, -0.1) is 0 Å². The van der Waals surface area contributed by atoms with Gasteiger partial charge in [-0.2, -0.15) is 10.2 Å². The molecule has 0 spiro atoms. The summed E-state index contributed by atoms with van der Waals surface area (Å²) in [5.74, 6) is 0. The average molecular weight is 261 g/mol. The van der Waals surface area contributed by atoms with Crippen LogP contribution in [0.5, 0.6) is 0 Å². The lowest BCUT2D eigenvalue weighted by molar-refractivity contribution is 0.523. The van der Waals surface area contributed by atoms with Crippen molar-refractivity contribution in [3.05, 3.63) is 85.0 Å². The van der Waals surface area contributed by atoms with E-state index >= 15 is 0 Å². The van der Waals surface area contributed by atoms with Crippen molar-refractivity contribution in [2.24, 2.45) is 0 Å². The van der Waals surface area contributed by atoms with Gasteiger partial charge in [0, 0.05) is 29.2 Å². The highest BCUT2D eigenvalue weighted by Crippen LogP contribution is 2.14. The van der Waals surface area contributed by atoms with Crippen molar-refractivity contribution in [3.8, 4) is 0 Å². The van der Waals surface area contributed by atoms with Crippen LogP contribution in [0.2, 0.25) is 0 Å². The molecule has 20 heavy (non-hydrogen) atoms. The smallest absolute Gasteiger partial charge is 0.0574 e. The van der Waals surface area contributed by atoms with Crippen molar-refractivity contribution in [1.29, 1.82) is 0 Å². The molecule has 0 fully saturated rings. The van der Waals surface area contributed by atoms with Gasteiger partial charge in [-0.25, -0.2) is 0 Å². The van der Waals surface area contributed by atoms with Crippen molar-refractivity contribution < 1.29 is 0 Å². The van der Waals surface area contributed by atoms with Crippen molar-refractivity contribution in [3.63, 3.8) is 0 Å². The van der Waals surface area contributed by atoms with E-state index in [1.807, 2.05) is 24.3 Å². The van der Waals surface area contributed by atoms with E-state index in [4.69, 9.17) is 0 Å². The first kappa shape index (κ1) is 12.4. The number of rotatable bonds is 0. The van der Waals surface area contributed by atoms with Crippen LogP contribution in [0.25, 0.3) is 10.8 Å². The van der Waals surface area contributed by atoms with Crippen molar-refractivity contribution in [1.82, 2.24) is 15.1 Å². The fraction of sp³-hybridized carbons (Fsp3) is 0.0588. The standard InChI is InChI=1S/C9H9N.C8H6N2/c1-3-7-10-8-4-2-6-9(10)5-1;1-2-4-8-6-10-9-5-7(8)3-1/h1-7H,8H2;1-6H. The second kappa shape index (κ2) is 5.97. The maximum atomic E-state index is 3.76. The van der Waals surface area contributed by atoms with E-state index in [1.165, 1.54) is 5.70 Å². The molecule has 1 aromatic carbocycles. The Balaban J connectivity index is 0.000000121. The quantitative estimate of drug-likeness (QED) is 0.727. The molecule has 0 saturated carbocycles. The second-order valence-corrected chi connectivity index (χ2v) is 4.49. The Hall–Kier alpha value is -2.68. The lowest BCUT2D eigenvalue weighted by Crippen LogP contribution is -2.18. The molecule has 0 N–H and O–H groups in total. The number of nitrogens with zero attached hydrogens (tertiary/aromatic N) is 3.